The third-order valence-corrected chi connectivity index (χ3v) is 8.78. The summed E-state index contributed by atoms with van der Waals surface area (Å²) in [6.45, 7) is 11.2. The number of ether oxygens (including phenoxy) is 1. The molecular formula is C23H34O3. The molecule has 4 aliphatic rings. The number of fused-ring (bicyclic) bond motifs is 5. The van der Waals surface area contributed by atoms with Crippen LogP contribution >= 0.6 is 0 Å². The molecule has 0 radical (unpaired) electrons. The lowest BCUT2D eigenvalue weighted by Gasteiger charge is -2.62. The van der Waals surface area contributed by atoms with Crippen LogP contribution in [0.25, 0.3) is 0 Å². The van der Waals surface area contributed by atoms with E-state index in [4.69, 9.17) is 4.74 Å². The van der Waals surface area contributed by atoms with Crippen LogP contribution in [0, 0.1) is 40.4 Å². The van der Waals surface area contributed by atoms with Crippen molar-refractivity contribution in [2.24, 2.45) is 40.4 Å². The first kappa shape index (κ1) is 18.3. The van der Waals surface area contributed by atoms with Gasteiger partial charge in [0.05, 0.1) is 0 Å². The zero-order valence-corrected chi connectivity index (χ0v) is 17.0. The van der Waals surface area contributed by atoms with E-state index in [1.165, 1.54) is 12.0 Å². The van der Waals surface area contributed by atoms with Crippen molar-refractivity contribution in [3.8, 4) is 0 Å². The van der Waals surface area contributed by atoms with Gasteiger partial charge in [-0.2, -0.15) is 0 Å². The Kier molecular flexibility index (Phi) is 4.17. The second-order valence-corrected chi connectivity index (χ2v) is 10.3. The summed E-state index contributed by atoms with van der Waals surface area (Å²) in [5.41, 5.74) is 1.72. The number of ketones is 1. The molecule has 0 aromatic rings. The van der Waals surface area contributed by atoms with E-state index in [-0.39, 0.29) is 22.9 Å². The maximum Gasteiger partial charge on any atom is 0.302 e. The van der Waals surface area contributed by atoms with Gasteiger partial charge in [0.1, 0.15) is 6.10 Å². The Balaban J connectivity index is 1.72. The highest BCUT2D eigenvalue weighted by Crippen LogP contribution is 2.68. The number of carbonyl (C=O) groups excluding carboxylic acids is 2. The molecule has 3 nitrogen and oxygen atoms in total. The van der Waals surface area contributed by atoms with Crippen molar-refractivity contribution in [2.45, 2.75) is 79.2 Å². The second kappa shape index (κ2) is 5.94. The van der Waals surface area contributed by atoms with E-state index in [1.54, 1.807) is 6.92 Å². The Bertz CT molecular complexity index is 664. The fourth-order valence-corrected chi connectivity index (χ4v) is 7.92. The molecule has 26 heavy (non-hydrogen) atoms. The monoisotopic (exact) mass is 358 g/mol. The second-order valence-electron chi connectivity index (χ2n) is 10.3. The van der Waals surface area contributed by atoms with Gasteiger partial charge < -0.3 is 4.74 Å². The third-order valence-electron chi connectivity index (χ3n) is 8.78. The van der Waals surface area contributed by atoms with E-state index in [0.29, 0.717) is 41.8 Å². The van der Waals surface area contributed by atoms with Crippen molar-refractivity contribution in [1.29, 1.82) is 0 Å². The van der Waals surface area contributed by atoms with E-state index in [0.717, 1.165) is 25.7 Å². The molecule has 3 saturated carbocycles. The van der Waals surface area contributed by atoms with Gasteiger partial charge in [0.25, 0.3) is 0 Å². The molecule has 0 aliphatic heterocycles. The lowest BCUT2D eigenvalue weighted by atomic mass is 9.43. The van der Waals surface area contributed by atoms with E-state index in [1.807, 2.05) is 6.08 Å². The fraction of sp³-hybridized carbons (Fsp3) is 0.826. The van der Waals surface area contributed by atoms with Crippen LogP contribution in [-0.2, 0) is 14.3 Å². The summed E-state index contributed by atoms with van der Waals surface area (Å²) in [5, 5.41) is 0. The third kappa shape index (κ3) is 2.45. The van der Waals surface area contributed by atoms with Crippen molar-refractivity contribution >= 4 is 11.8 Å². The molecule has 3 fully saturated rings. The summed E-state index contributed by atoms with van der Waals surface area (Å²) in [6, 6.07) is 0. The predicted octanol–water partition coefficient (Wildman–Crippen LogP) is 4.94. The summed E-state index contributed by atoms with van der Waals surface area (Å²) in [7, 11) is 0. The molecule has 0 N–H and O–H groups in total. The minimum Gasteiger partial charge on any atom is -0.462 e. The standard InChI is InChI=1S/C23H34O3/c1-13-10-16-11-17(25)8-9-22(16,4)21-14(2)12-23(5)18(20(13)21)6-7-19(23)26-15(3)24/h11,13-14,18-21H,6-10,12H2,1-5H3. The van der Waals surface area contributed by atoms with Gasteiger partial charge in [-0.15, -0.1) is 0 Å². The highest BCUT2D eigenvalue weighted by molar-refractivity contribution is 5.91. The number of hydrogen-bond donors (Lipinski definition) is 0. The molecule has 0 amide bonds. The SMILES string of the molecule is CC(=O)OC1CCC2C3C(C)CC4=CC(=O)CCC4(C)C3C(C)CC12C. The number of esters is 1. The van der Waals surface area contributed by atoms with E-state index in [9.17, 15) is 9.59 Å². The van der Waals surface area contributed by atoms with Crippen LogP contribution in [0.3, 0.4) is 0 Å². The van der Waals surface area contributed by atoms with Crippen LogP contribution in [0.2, 0.25) is 0 Å². The van der Waals surface area contributed by atoms with Gasteiger partial charge in [0.2, 0.25) is 0 Å². The Hall–Kier alpha value is -1.12. The average molecular weight is 359 g/mol. The van der Waals surface area contributed by atoms with Crippen LogP contribution in [0.5, 0.6) is 0 Å². The van der Waals surface area contributed by atoms with Gasteiger partial charge in [-0.3, -0.25) is 9.59 Å². The summed E-state index contributed by atoms with van der Waals surface area (Å²) in [6.07, 6.45) is 8.21. The maximum absolute atomic E-state index is 12.1. The van der Waals surface area contributed by atoms with Gasteiger partial charge >= 0.3 is 5.97 Å². The van der Waals surface area contributed by atoms with Gasteiger partial charge in [-0.25, -0.2) is 0 Å². The van der Waals surface area contributed by atoms with Gasteiger partial charge in [0, 0.05) is 18.8 Å². The topological polar surface area (TPSA) is 43.4 Å². The Labute approximate surface area is 157 Å². The molecule has 8 atom stereocenters. The normalized spacial score (nSPS) is 50.3. The molecule has 0 bridgehead atoms. The zero-order chi connectivity index (χ0) is 18.9. The summed E-state index contributed by atoms with van der Waals surface area (Å²) < 4.78 is 5.80. The van der Waals surface area contributed by atoms with Gasteiger partial charge in [0.15, 0.2) is 5.78 Å². The van der Waals surface area contributed by atoms with Crippen LogP contribution < -0.4 is 0 Å². The van der Waals surface area contributed by atoms with Crippen molar-refractivity contribution < 1.29 is 14.3 Å². The van der Waals surface area contributed by atoms with Gasteiger partial charge in [-0.1, -0.05) is 33.3 Å². The lowest BCUT2D eigenvalue weighted by Crippen LogP contribution is -2.57. The molecule has 144 valence electrons. The van der Waals surface area contributed by atoms with Crippen molar-refractivity contribution in [2.75, 3.05) is 0 Å². The number of hydrogen-bond acceptors (Lipinski definition) is 3. The predicted molar refractivity (Wildman–Crippen MR) is 101 cm³/mol. The summed E-state index contributed by atoms with van der Waals surface area (Å²) >= 11 is 0. The number of carbonyl (C=O) groups is 2. The summed E-state index contributed by atoms with van der Waals surface area (Å²) in [4.78, 5) is 23.7. The molecule has 0 heterocycles. The molecule has 0 saturated heterocycles. The van der Waals surface area contributed by atoms with E-state index >= 15 is 0 Å². The molecule has 4 rings (SSSR count). The smallest absolute Gasteiger partial charge is 0.302 e. The zero-order valence-electron chi connectivity index (χ0n) is 17.0. The molecule has 8 unspecified atom stereocenters. The van der Waals surface area contributed by atoms with E-state index in [2.05, 4.69) is 27.7 Å². The molecule has 3 heteroatoms. The van der Waals surface area contributed by atoms with Crippen molar-refractivity contribution in [3.05, 3.63) is 11.6 Å². The van der Waals surface area contributed by atoms with Crippen LogP contribution in [0.15, 0.2) is 11.6 Å². The first-order valence-corrected chi connectivity index (χ1v) is 10.6. The Morgan fingerprint density at radius 3 is 2.62 bits per heavy atom. The minimum atomic E-state index is -0.133. The van der Waals surface area contributed by atoms with Crippen molar-refractivity contribution in [3.63, 3.8) is 0 Å². The molecule has 4 aliphatic carbocycles. The molecule has 0 aromatic carbocycles. The molecular weight excluding hydrogens is 324 g/mol. The summed E-state index contributed by atoms with van der Waals surface area (Å²) in [5.74, 6) is 3.37. The number of allylic oxidation sites excluding steroid dienone is 1. The maximum atomic E-state index is 12.1. The highest BCUT2D eigenvalue weighted by Gasteiger charge is 2.63. The Morgan fingerprint density at radius 1 is 1.19 bits per heavy atom. The fourth-order valence-electron chi connectivity index (χ4n) is 7.92. The average Bonchev–Trinajstić information content (AvgIpc) is 2.84. The Morgan fingerprint density at radius 2 is 1.92 bits per heavy atom. The first-order chi connectivity index (χ1) is 12.2. The minimum absolute atomic E-state index is 0.0817. The molecule has 0 spiro atoms. The van der Waals surface area contributed by atoms with Gasteiger partial charge in [-0.05, 0) is 73.2 Å². The van der Waals surface area contributed by atoms with Crippen LogP contribution in [-0.4, -0.2) is 17.9 Å². The van der Waals surface area contributed by atoms with E-state index < -0.39 is 0 Å². The lowest BCUT2D eigenvalue weighted by molar-refractivity contribution is -0.163. The highest BCUT2D eigenvalue weighted by atomic mass is 16.5. The van der Waals surface area contributed by atoms with Crippen LogP contribution in [0.4, 0.5) is 0 Å². The number of rotatable bonds is 1. The van der Waals surface area contributed by atoms with Crippen molar-refractivity contribution in [1.82, 2.24) is 0 Å². The first-order valence-electron chi connectivity index (χ1n) is 10.6. The quantitative estimate of drug-likeness (QED) is 0.623. The molecule has 0 aromatic heterocycles. The van der Waals surface area contributed by atoms with Crippen LogP contribution in [0.1, 0.15) is 73.1 Å². The largest absolute Gasteiger partial charge is 0.462 e.